The summed E-state index contributed by atoms with van der Waals surface area (Å²) < 4.78 is 33.9. The molecule has 0 saturated heterocycles. The number of aryl methyl sites for hydroxylation is 1. The number of hydrogen-bond donors (Lipinski definition) is 1. The van der Waals surface area contributed by atoms with E-state index in [1.165, 1.54) is 17.8 Å². The number of carbonyl (C=O) groups is 1. The Hall–Kier alpha value is -3.46. The summed E-state index contributed by atoms with van der Waals surface area (Å²) in [5, 5.41) is 11.2. The van der Waals surface area contributed by atoms with Crippen molar-refractivity contribution >= 4 is 23.4 Å². The fourth-order valence-corrected chi connectivity index (χ4v) is 3.98. The van der Waals surface area contributed by atoms with Crippen molar-refractivity contribution in [3.05, 3.63) is 83.8 Å². The number of amides is 1. The van der Waals surface area contributed by atoms with Crippen molar-refractivity contribution in [1.82, 2.24) is 14.8 Å². The van der Waals surface area contributed by atoms with Crippen molar-refractivity contribution in [3.8, 4) is 11.4 Å². The second-order valence-electron chi connectivity index (χ2n) is 7.15. The van der Waals surface area contributed by atoms with Crippen LogP contribution in [0.1, 0.15) is 18.2 Å². The first kappa shape index (κ1) is 21.8. The van der Waals surface area contributed by atoms with E-state index in [2.05, 4.69) is 15.5 Å². The second kappa shape index (κ2) is 9.35. The third-order valence-electron chi connectivity index (χ3n) is 4.84. The van der Waals surface area contributed by atoms with Crippen molar-refractivity contribution in [2.75, 3.05) is 5.32 Å². The Morgan fingerprint density at radius 2 is 1.91 bits per heavy atom. The van der Waals surface area contributed by atoms with E-state index in [-0.39, 0.29) is 11.6 Å². The van der Waals surface area contributed by atoms with Gasteiger partial charge < -0.3 is 9.73 Å². The lowest BCUT2D eigenvalue weighted by molar-refractivity contribution is -0.115. The molecule has 0 aliphatic heterocycles. The summed E-state index contributed by atoms with van der Waals surface area (Å²) in [6.07, 6.45) is 1.59. The van der Waals surface area contributed by atoms with Gasteiger partial charge >= 0.3 is 0 Å². The quantitative estimate of drug-likeness (QED) is 0.384. The molecule has 0 bridgehead atoms. The average molecular weight is 455 g/mol. The number of anilines is 1. The molecule has 0 aliphatic carbocycles. The molecule has 1 atom stereocenters. The highest BCUT2D eigenvalue weighted by atomic mass is 32.2. The number of rotatable bonds is 7. The fourth-order valence-electron chi connectivity index (χ4n) is 3.13. The van der Waals surface area contributed by atoms with Crippen molar-refractivity contribution in [3.63, 3.8) is 0 Å². The number of furan rings is 1. The lowest BCUT2D eigenvalue weighted by Gasteiger charge is -2.14. The largest absolute Gasteiger partial charge is 0.469 e. The summed E-state index contributed by atoms with van der Waals surface area (Å²) in [6.45, 7) is 4.07. The van der Waals surface area contributed by atoms with Crippen LogP contribution in [-0.4, -0.2) is 25.9 Å². The van der Waals surface area contributed by atoms with Crippen LogP contribution < -0.4 is 5.32 Å². The monoisotopic (exact) mass is 454 g/mol. The summed E-state index contributed by atoms with van der Waals surface area (Å²) >= 11 is 1.23. The van der Waals surface area contributed by atoms with E-state index in [4.69, 9.17) is 4.42 Å². The van der Waals surface area contributed by atoms with Gasteiger partial charge in [-0.2, -0.15) is 0 Å². The molecule has 0 radical (unpaired) electrons. The molecule has 2 aromatic heterocycles. The average Bonchev–Trinajstić information content (AvgIpc) is 3.37. The van der Waals surface area contributed by atoms with Gasteiger partial charge in [0.25, 0.3) is 0 Å². The standard InChI is InChI=1S/C23H20F2N4O2S/c1-14-18(10-11-31-14)21-27-28-23(29(21)13-16-6-4-3-5-7-16)32-15(2)22(30)26-17-8-9-19(24)20(25)12-17/h3-12,15H,13H2,1-2H3,(H,26,30). The smallest absolute Gasteiger partial charge is 0.237 e. The second-order valence-corrected chi connectivity index (χ2v) is 8.45. The fraction of sp³-hybridized carbons (Fsp3) is 0.174. The van der Waals surface area contributed by atoms with Gasteiger partial charge in [-0.3, -0.25) is 9.36 Å². The zero-order chi connectivity index (χ0) is 22.7. The van der Waals surface area contributed by atoms with E-state index in [1.54, 1.807) is 13.2 Å². The van der Waals surface area contributed by atoms with Gasteiger partial charge in [0.1, 0.15) is 5.76 Å². The van der Waals surface area contributed by atoms with Gasteiger partial charge in [-0.1, -0.05) is 42.1 Å². The van der Waals surface area contributed by atoms with Crippen molar-refractivity contribution < 1.29 is 18.0 Å². The van der Waals surface area contributed by atoms with Crippen molar-refractivity contribution in [2.24, 2.45) is 0 Å². The molecule has 4 rings (SSSR count). The number of nitrogens with one attached hydrogen (secondary N) is 1. The highest BCUT2D eigenvalue weighted by Gasteiger charge is 2.23. The minimum absolute atomic E-state index is 0.182. The van der Waals surface area contributed by atoms with Crippen LogP contribution in [0.2, 0.25) is 0 Å². The molecule has 0 spiro atoms. The zero-order valence-corrected chi connectivity index (χ0v) is 18.2. The van der Waals surface area contributed by atoms with E-state index in [0.717, 1.165) is 23.3 Å². The van der Waals surface area contributed by atoms with Crippen LogP contribution in [-0.2, 0) is 11.3 Å². The van der Waals surface area contributed by atoms with Crippen LogP contribution in [0.25, 0.3) is 11.4 Å². The number of thioether (sulfide) groups is 1. The molecule has 1 unspecified atom stereocenters. The van der Waals surface area contributed by atoms with Crippen LogP contribution in [0, 0.1) is 18.6 Å². The first-order chi connectivity index (χ1) is 15.4. The van der Waals surface area contributed by atoms with Crippen LogP contribution in [0.4, 0.5) is 14.5 Å². The zero-order valence-electron chi connectivity index (χ0n) is 17.4. The topological polar surface area (TPSA) is 72.9 Å². The van der Waals surface area contributed by atoms with Gasteiger partial charge in [-0.05, 0) is 37.6 Å². The molecule has 2 heterocycles. The Kier molecular flexibility index (Phi) is 6.36. The molecule has 4 aromatic rings. The summed E-state index contributed by atoms with van der Waals surface area (Å²) in [5.41, 5.74) is 2.05. The maximum atomic E-state index is 13.4. The number of nitrogens with zero attached hydrogens (tertiary/aromatic N) is 3. The molecule has 32 heavy (non-hydrogen) atoms. The summed E-state index contributed by atoms with van der Waals surface area (Å²) in [5.74, 6) is -1.01. The Labute approximate surface area is 187 Å². The number of carbonyl (C=O) groups excluding carboxylic acids is 1. The summed E-state index contributed by atoms with van der Waals surface area (Å²) in [7, 11) is 0. The van der Waals surface area contributed by atoms with E-state index >= 15 is 0 Å². The Morgan fingerprint density at radius 1 is 1.12 bits per heavy atom. The molecule has 6 nitrogen and oxygen atoms in total. The van der Waals surface area contributed by atoms with Crippen LogP contribution in [0.15, 0.2) is 70.4 Å². The van der Waals surface area contributed by atoms with Crippen molar-refractivity contribution in [1.29, 1.82) is 0 Å². The SMILES string of the molecule is Cc1occc1-c1nnc(SC(C)C(=O)Nc2ccc(F)c(F)c2)n1Cc1ccccc1. The van der Waals surface area contributed by atoms with Crippen LogP contribution in [0.5, 0.6) is 0 Å². The van der Waals surface area contributed by atoms with Crippen LogP contribution >= 0.6 is 11.8 Å². The lowest BCUT2D eigenvalue weighted by atomic mass is 10.2. The first-order valence-corrected chi connectivity index (χ1v) is 10.7. The van der Waals surface area contributed by atoms with Gasteiger partial charge in [-0.25, -0.2) is 8.78 Å². The highest BCUT2D eigenvalue weighted by Crippen LogP contribution is 2.30. The minimum Gasteiger partial charge on any atom is -0.469 e. The number of aromatic nitrogens is 3. The highest BCUT2D eigenvalue weighted by molar-refractivity contribution is 8.00. The molecule has 0 aliphatic rings. The van der Waals surface area contributed by atoms with Crippen LogP contribution in [0.3, 0.4) is 0 Å². The molecular weight excluding hydrogens is 434 g/mol. The van der Waals surface area contributed by atoms with Gasteiger partial charge in [0.2, 0.25) is 5.91 Å². The molecular formula is C23H20F2N4O2S. The predicted octanol–water partition coefficient (Wildman–Crippen LogP) is 5.29. The molecule has 1 N–H and O–H groups in total. The Morgan fingerprint density at radius 3 is 2.59 bits per heavy atom. The molecule has 2 aromatic carbocycles. The molecule has 164 valence electrons. The third-order valence-corrected chi connectivity index (χ3v) is 5.92. The number of hydrogen-bond acceptors (Lipinski definition) is 5. The normalized spacial score (nSPS) is 12.0. The Balaban J connectivity index is 1.58. The van der Waals surface area contributed by atoms with E-state index in [0.29, 0.717) is 23.3 Å². The number of halogens is 2. The maximum absolute atomic E-state index is 13.4. The molecule has 9 heteroatoms. The first-order valence-electron chi connectivity index (χ1n) is 9.86. The summed E-state index contributed by atoms with van der Waals surface area (Å²) in [4.78, 5) is 12.7. The molecule has 1 amide bonds. The Bertz CT molecular complexity index is 1240. The van der Waals surface area contributed by atoms with Gasteiger partial charge in [0.05, 0.1) is 23.6 Å². The lowest BCUT2D eigenvalue weighted by Crippen LogP contribution is -2.23. The maximum Gasteiger partial charge on any atom is 0.237 e. The van der Waals surface area contributed by atoms with E-state index in [9.17, 15) is 13.6 Å². The van der Waals surface area contributed by atoms with E-state index < -0.39 is 16.9 Å². The van der Waals surface area contributed by atoms with E-state index in [1.807, 2.05) is 47.9 Å². The molecule has 0 saturated carbocycles. The third kappa shape index (κ3) is 4.72. The molecule has 0 fully saturated rings. The number of benzene rings is 2. The summed E-state index contributed by atoms with van der Waals surface area (Å²) in [6, 6.07) is 14.9. The van der Waals surface area contributed by atoms with Gasteiger partial charge in [0, 0.05) is 11.8 Å². The van der Waals surface area contributed by atoms with Crippen molar-refractivity contribution in [2.45, 2.75) is 30.8 Å². The predicted molar refractivity (Wildman–Crippen MR) is 118 cm³/mol. The van der Waals surface area contributed by atoms with Gasteiger partial charge in [-0.15, -0.1) is 10.2 Å². The van der Waals surface area contributed by atoms with Gasteiger partial charge in [0.15, 0.2) is 22.6 Å². The minimum atomic E-state index is -1.02.